The van der Waals surface area contributed by atoms with Crippen LogP contribution in [0.1, 0.15) is 0 Å². The summed E-state index contributed by atoms with van der Waals surface area (Å²) in [7, 11) is -3.79. The Morgan fingerprint density at radius 1 is 1.32 bits per heavy atom. The summed E-state index contributed by atoms with van der Waals surface area (Å²) < 4.78 is 27.2. The number of rotatable bonds is 3. The van der Waals surface area contributed by atoms with E-state index in [1.807, 2.05) is 0 Å². The normalized spacial score (nSPS) is 11.3. The lowest BCUT2D eigenvalue weighted by Gasteiger charge is -2.10. The summed E-state index contributed by atoms with van der Waals surface area (Å²) in [6, 6.07) is 7.41. The quantitative estimate of drug-likeness (QED) is 0.649. The third-order valence-corrected chi connectivity index (χ3v) is 4.73. The predicted octanol–water partition coefficient (Wildman–Crippen LogP) is 2.88. The maximum absolute atomic E-state index is 12.2. The molecule has 0 saturated carbocycles. The summed E-state index contributed by atoms with van der Waals surface area (Å²) >= 11 is 9.05. The highest BCUT2D eigenvalue weighted by Gasteiger charge is 2.19. The number of halogens is 2. The maximum Gasteiger partial charge on any atom is 0.263 e. The van der Waals surface area contributed by atoms with Crippen molar-refractivity contribution in [3.63, 3.8) is 0 Å². The van der Waals surface area contributed by atoms with Crippen molar-refractivity contribution in [2.75, 3.05) is 10.5 Å². The number of anilines is 2. The fourth-order valence-corrected chi connectivity index (χ4v) is 3.50. The lowest BCUT2D eigenvalue weighted by atomic mass is 10.3. The van der Waals surface area contributed by atoms with Gasteiger partial charge in [0.2, 0.25) is 0 Å². The van der Waals surface area contributed by atoms with Crippen LogP contribution in [0.15, 0.2) is 46.0 Å². The summed E-state index contributed by atoms with van der Waals surface area (Å²) in [4.78, 5) is 3.89. The molecule has 1 heterocycles. The molecule has 0 spiro atoms. The van der Waals surface area contributed by atoms with Gasteiger partial charge in [0.05, 0.1) is 10.7 Å². The van der Waals surface area contributed by atoms with Crippen molar-refractivity contribution in [1.82, 2.24) is 4.98 Å². The van der Waals surface area contributed by atoms with Gasteiger partial charge in [0, 0.05) is 11.9 Å². The molecule has 19 heavy (non-hydrogen) atoms. The van der Waals surface area contributed by atoms with E-state index in [4.69, 9.17) is 17.3 Å². The number of nitrogen functional groups attached to an aromatic ring is 1. The molecule has 0 unspecified atom stereocenters. The molecule has 0 atom stereocenters. The van der Waals surface area contributed by atoms with Crippen molar-refractivity contribution in [3.05, 3.63) is 46.2 Å². The SMILES string of the molecule is Nc1ccc(S(=O)(=O)Nc2cccnc2Br)c(Cl)c1. The summed E-state index contributed by atoms with van der Waals surface area (Å²) in [5.74, 6) is 0. The molecular formula is C11H9BrClN3O2S. The molecule has 1 aromatic heterocycles. The number of sulfonamides is 1. The topological polar surface area (TPSA) is 85.1 Å². The summed E-state index contributed by atoms with van der Waals surface area (Å²) in [5, 5.41) is 0.0625. The molecule has 0 radical (unpaired) electrons. The van der Waals surface area contributed by atoms with E-state index in [0.29, 0.717) is 16.0 Å². The van der Waals surface area contributed by atoms with Crippen molar-refractivity contribution >= 4 is 48.9 Å². The van der Waals surface area contributed by atoms with E-state index in [1.165, 1.54) is 24.4 Å². The van der Waals surface area contributed by atoms with Crippen molar-refractivity contribution in [3.8, 4) is 0 Å². The Morgan fingerprint density at radius 2 is 2.05 bits per heavy atom. The largest absolute Gasteiger partial charge is 0.399 e. The third kappa shape index (κ3) is 3.17. The summed E-state index contributed by atoms with van der Waals surface area (Å²) in [6.45, 7) is 0. The molecule has 0 aliphatic rings. The molecule has 1 aromatic carbocycles. The zero-order chi connectivity index (χ0) is 14.0. The van der Waals surface area contributed by atoms with Crippen LogP contribution < -0.4 is 10.5 Å². The van der Waals surface area contributed by atoms with E-state index < -0.39 is 10.0 Å². The maximum atomic E-state index is 12.2. The van der Waals surface area contributed by atoms with E-state index in [1.54, 1.807) is 12.1 Å². The monoisotopic (exact) mass is 361 g/mol. The van der Waals surface area contributed by atoms with Crippen LogP contribution in [0.2, 0.25) is 5.02 Å². The first-order chi connectivity index (χ1) is 8.90. The molecule has 100 valence electrons. The van der Waals surface area contributed by atoms with Gasteiger partial charge in [-0.3, -0.25) is 4.72 Å². The highest BCUT2D eigenvalue weighted by Crippen LogP contribution is 2.27. The third-order valence-electron chi connectivity index (χ3n) is 2.25. The van der Waals surface area contributed by atoms with E-state index in [-0.39, 0.29) is 9.92 Å². The van der Waals surface area contributed by atoms with Gasteiger partial charge in [0.1, 0.15) is 9.50 Å². The van der Waals surface area contributed by atoms with Crippen LogP contribution in [-0.2, 0) is 10.0 Å². The number of hydrogen-bond donors (Lipinski definition) is 2. The van der Waals surface area contributed by atoms with Gasteiger partial charge in [-0.25, -0.2) is 13.4 Å². The molecular weight excluding hydrogens is 354 g/mol. The Kier molecular flexibility index (Phi) is 3.98. The van der Waals surface area contributed by atoms with E-state index in [9.17, 15) is 8.42 Å². The van der Waals surface area contributed by atoms with Crippen LogP contribution in [0.25, 0.3) is 0 Å². The zero-order valence-corrected chi connectivity index (χ0v) is 12.6. The zero-order valence-electron chi connectivity index (χ0n) is 9.47. The molecule has 2 rings (SSSR count). The smallest absolute Gasteiger partial charge is 0.263 e. The number of aromatic nitrogens is 1. The molecule has 0 aliphatic heterocycles. The van der Waals surface area contributed by atoms with Gasteiger partial charge in [-0.05, 0) is 46.3 Å². The Hall–Kier alpha value is -1.31. The van der Waals surface area contributed by atoms with Gasteiger partial charge in [-0.1, -0.05) is 11.6 Å². The lowest BCUT2D eigenvalue weighted by molar-refractivity contribution is 0.601. The van der Waals surface area contributed by atoms with Crippen LogP contribution in [0, 0.1) is 0 Å². The van der Waals surface area contributed by atoms with Gasteiger partial charge < -0.3 is 5.73 Å². The van der Waals surface area contributed by atoms with Crippen LogP contribution in [0.5, 0.6) is 0 Å². The number of pyridine rings is 1. The summed E-state index contributed by atoms with van der Waals surface area (Å²) in [5.41, 5.74) is 6.25. The van der Waals surface area contributed by atoms with Crippen molar-refractivity contribution in [2.45, 2.75) is 4.90 Å². The Morgan fingerprint density at radius 3 is 2.68 bits per heavy atom. The molecule has 8 heteroatoms. The molecule has 0 amide bonds. The number of nitrogens with one attached hydrogen (secondary N) is 1. The predicted molar refractivity (Wildman–Crippen MR) is 78.6 cm³/mol. The number of nitrogens with zero attached hydrogens (tertiary/aromatic N) is 1. The molecule has 0 aliphatic carbocycles. The first-order valence-electron chi connectivity index (χ1n) is 5.08. The van der Waals surface area contributed by atoms with Gasteiger partial charge in [-0.2, -0.15) is 0 Å². The minimum atomic E-state index is -3.79. The highest BCUT2D eigenvalue weighted by molar-refractivity contribution is 9.10. The van der Waals surface area contributed by atoms with Gasteiger partial charge >= 0.3 is 0 Å². The van der Waals surface area contributed by atoms with E-state index >= 15 is 0 Å². The molecule has 3 N–H and O–H groups in total. The Balaban J connectivity index is 2.41. The molecule has 0 bridgehead atoms. The fraction of sp³-hybridized carbons (Fsp3) is 0. The number of nitrogens with two attached hydrogens (primary N) is 1. The Labute approximate surface area is 124 Å². The summed E-state index contributed by atoms with van der Waals surface area (Å²) in [6.07, 6.45) is 1.54. The molecule has 0 fully saturated rings. The lowest BCUT2D eigenvalue weighted by Crippen LogP contribution is -2.14. The van der Waals surface area contributed by atoms with Gasteiger partial charge in [0.25, 0.3) is 10.0 Å². The molecule has 0 saturated heterocycles. The van der Waals surface area contributed by atoms with Crippen LogP contribution in [-0.4, -0.2) is 13.4 Å². The number of benzene rings is 1. The van der Waals surface area contributed by atoms with Gasteiger partial charge in [0.15, 0.2) is 0 Å². The average molecular weight is 363 g/mol. The van der Waals surface area contributed by atoms with Crippen LogP contribution in [0.4, 0.5) is 11.4 Å². The molecule has 5 nitrogen and oxygen atoms in total. The first-order valence-corrected chi connectivity index (χ1v) is 7.74. The van der Waals surface area contributed by atoms with Crippen LogP contribution >= 0.6 is 27.5 Å². The first kappa shape index (κ1) is 14.1. The van der Waals surface area contributed by atoms with Crippen molar-refractivity contribution in [2.24, 2.45) is 0 Å². The van der Waals surface area contributed by atoms with Crippen LogP contribution in [0.3, 0.4) is 0 Å². The average Bonchev–Trinajstić information content (AvgIpc) is 2.31. The van der Waals surface area contributed by atoms with E-state index in [0.717, 1.165) is 0 Å². The van der Waals surface area contributed by atoms with Gasteiger partial charge in [-0.15, -0.1) is 0 Å². The Bertz CT molecular complexity index is 722. The van der Waals surface area contributed by atoms with Crippen molar-refractivity contribution in [1.29, 1.82) is 0 Å². The second-order valence-electron chi connectivity index (χ2n) is 3.64. The second kappa shape index (κ2) is 5.36. The number of hydrogen-bond acceptors (Lipinski definition) is 4. The fourth-order valence-electron chi connectivity index (χ4n) is 1.40. The van der Waals surface area contributed by atoms with Crippen molar-refractivity contribution < 1.29 is 8.42 Å². The second-order valence-corrected chi connectivity index (χ2v) is 6.45. The molecule has 2 aromatic rings. The van der Waals surface area contributed by atoms with E-state index in [2.05, 4.69) is 25.6 Å². The minimum Gasteiger partial charge on any atom is -0.399 e. The standard InChI is InChI=1S/C11H9BrClN3O2S/c12-11-9(2-1-5-15-11)16-19(17,18)10-4-3-7(14)6-8(10)13/h1-6,16H,14H2. The minimum absolute atomic E-state index is 0.0425. The highest BCUT2D eigenvalue weighted by atomic mass is 79.9.